The Balaban J connectivity index is 2.75. The molecule has 0 atom stereocenters. The van der Waals surface area contributed by atoms with Crippen LogP contribution in [0.5, 0.6) is 0 Å². The molecule has 50 valence electrons. The monoisotopic (exact) mass is 124 g/mol. The van der Waals surface area contributed by atoms with Crippen molar-refractivity contribution in [3.05, 3.63) is 23.5 Å². The Kier molecular flexibility index (Phi) is 1.47. The molecule has 0 spiro atoms. The van der Waals surface area contributed by atoms with Crippen LogP contribution in [0, 0.1) is 0 Å². The molecule has 0 saturated carbocycles. The summed E-state index contributed by atoms with van der Waals surface area (Å²) in [6.07, 6.45) is 3.92. The summed E-state index contributed by atoms with van der Waals surface area (Å²) >= 11 is 0. The number of likely N-dealkylation sites (N-methyl/N-ethyl adjacent to an activating group) is 1. The van der Waals surface area contributed by atoms with E-state index in [1.165, 1.54) is 5.57 Å². The molecule has 2 N–H and O–H groups in total. The molecule has 1 heterocycles. The Hall–Kier alpha value is -0.920. The van der Waals surface area contributed by atoms with Gasteiger partial charge in [0, 0.05) is 25.5 Å². The average Bonchev–Trinajstić information content (AvgIpc) is 1.80. The molecule has 0 aromatic rings. The molecule has 0 aliphatic carbocycles. The summed E-state index contributed by atoms with van der Waals surface area (Å²) in [7, 11) is 2.03. The zero-order valence-corrected chi connectivity index (χ0v) is 5.89. The highest BCUT2D eigenvalue weighted by molar-refractivity contribution is 5.25. The van der Waals surface area contributed by atoms with Crippen molar-refractivity contribution in [3.8, 4) is 0 Å². The van der Waals surface area contributed by atoms with E-state index in [1.54, 1.807) is 0 Å². The maximum atomic E-state index is 5.61. The Labute approximate surface area is 55.6 Å². The molecule has 1 aliphatic rings. The third-order valence-electron chi connectivity index (χ3n) is 1.49. The number of hydrogen-bond donors (Lipinski definition) is 1. The molecule has 0 aromatic carbocycles. The standard InChI is InChI=1S/C7H12N2/c1-6-5-9(2)4-3-7(6)8/h3-4H,5,8H2,1-2H3. The third-order valence-corrected chi connectivity index (χ3v) is 1.49. The lowest BCUT2D eigenvalue weighted by atomic mass is 10.2. The van der Waals surface area contributed by atoms with E-state index >= 15 is 0 Å². The first-order chi connectivity index (χ1) is 4.20. The summed E-state index contributed by atoms with van der Waals surface area (Å²) in [5.74, 6) is 0. The van der Waals surface area contributed by atoms with Gasteiger partial charge in [0.2, 0.25) is 0 Å². The van der Waals surface area contributed by atoms with Gasteiger partial charge in [-0.05, 0) is 18.6 Å². The minimum Gasteiger partial charge on any atom is -0.399 e. The van der Waals surface area contributed by atoms with Crippen molar-refractivity contribution in [2.45, 2.75) is 6.92 Å². The maximum Gasteiger partial charge on any atom is 0.0400 e. The number of allylic oxidation sites excluding steroid dienone is 1. The molecule has 0 aromatic heterocycles. The van der Waals surface area contributed by atoms with Gasteiger partial charge in [0.05, 0.1) is 0 Å². The lowest BCUT2D eigenvalue weighted by Gasteiger charge is -2.19. The summed E-state index contributed by atoms with van der Waals surface area (Å²) in [5.41, 5.74) is 7.77. The second-order valence-corrected chi connectivity index (χ2v) is 2.47. The lowest BCUT2D eigenvalue weighted by molar-refractivity contribution is 0.487. The summed E-state index contributed by atoms with van der Waals surface area (Å²) in [4.78, 5) is 2.10. The highest BCUT2D eigenvalue weighted by Crippen LogP contribution is 2.07. The Bertz CT molecular complexity index is 168. The Morgan fingerprint density at radius 3 is 2.78 bits per heavy atom. The van der Waals surface area contributed by atoms with E-state index in [1.807, 2.05) is 19.3 Å². The highest BCUT2D eigenvalue weighted by Gasteiger charge is 2.01. The fraction of sp³-hybridized carbons (Fsp3) is 0.429. The fourth-order valence-corrected chi connectivity index (χ4v) is 0.868. The van der Waals surface area contributed by atoms with E-state index < -0.39 is 0 Å². The van der Waals surface area contributed by atoms with Crippen molar-refractivity contribution in [1.29, 1.82) is 0 Å². The van der Waals surface area contributed by atoms with Crippen LogP contribution < -0.4 is 5.73 Å². The number of hydrogen-bond acceptors (Lipinski definition) is 2. The van der Waals surface area contributed by atoms with Gasteiger partial charge in [-0.25, -0.2) is 0 Å². The fourth-order valence-electron chi connectivity index (χ4n) is 0.868. The van der Waals surface area contributed by atoms with Crippen molar-refractivity contribution in [2.24, 2.45) is 5.73 Å². The number of nitrogens with two attached hydrogens (primary N) is 1. The van der Waals surface area contributed by atoms with Crippen LogP contribution in [0.2, 0.25) is 0 Å². The average molecular weight is 124 g/mol. The summed E-state index contributed by atoms with van der Waals surface area (Å²) in [5, 5.41) is 0. The number of rotatable bonds is 0. The topological polar surface area (TPSA) is 29.3 Å². The first kappa shape index (κ1) is 6.20. The molecule has 0 fully saturated rings. The van der Waals surface area contributed by atoms with Crippen molar-refractivity contribution >= 4 is 0 Å². The van der Waals surface area contributed by atoms with Crippen LogP contribution in [0.15, 0.2) is 23.5 Å². The molecule has 2 nitrogen and oxygen atoms in total. The van der Waals surface area contributed by atoms with Crippen LogP contribution >= 0.6 is 0 Å². The van der Waals surface area contributed by atoms with Gasteiger partial charge < -0.3 is 10.6 Å². The first-order valence-electron chi connectivity index (χ1n) is 3.04. The third kappa shape index (κ3) is 1.25. The van der Waals surface area contributed by atoms with Crippen LogP contribution in [0.3, 0.4) is 0 Å². The quantitative estimate of drug-likeness (QED) is 0.514. The van der Waals surface area contributed by atoms with E-state index in [2.05, 4.69) is 11.8 Å². The summed E-state index contributed by atoms with van der Waals surface area (Å²) < 4.78 is 0. The maximum absolute atomic E-state index is 5.61. The van der Waals surface area contributed by atoms with E-state index in [0.717, 1.165) is 12.2 Å². The molecule has 0 bridgehead atoms. The van der Waals surface area contributed by atoms with Gasteiger partial charge >= 0.3 is 0 Å². The van der Waals surface area contributed by atoms with Crippen molar-refractivity contribution < 1.29 is 0 Å². The molecule has 0 unspecified atom stereocenters. The molecule has 0 saturated heterocycles. The smallest absolute Gasteiger partial charge is 0.0400 e. The minimum atomic E-state index is 0.910. The van der Waals surface area contributed by atoms with Gasteiger partial charge in [-0.1, -0.05) is 0 Å². The van der Waals surface area contributed by atoms with E-state index in [4.69, 9.17) is 5.73 Å². The SMILES string of the molecule is CC1=C(N)C=CN(C)C1. The van der Waals surface area contributed by atoms with Gasteiger partial charge in [0.25, 0.3) is 0 Å². The second-order valence-electron chi connectivity index (χ2n) is 2.47. The van der Waals surface area contributed by atoms with Gasteiger partial charge in [0.15, 0.2) is 0 Å². The molecule has 0 radical (unpaired) electrons. The minimum absolute atomic E-state index is 0.910. The van der Waals surface area contributed by atoms with Crippen LogP contribution in [0.4, 0.5) is 0 Å². The molecule has 2 heteroatoms. The van der Waals surface area contributed by atoms with Crippen LogP contribution in [-0.2, 0) is 0 Å². The highest BCUT2D eigenvalue weighted by atomic mass is 15.1. The Morgan fingerprint density at radius 2 is 2.33 bits per heavy atom. The zero-order chi connectivity index (χ0) is 6.85. The molecule has 9 heavy (non-hydrogen) atoms. The van der Waals surface area contributed by atoms with E-state index in [-0.39, 0.29) is 0 Å². The predicted octanol–water partition coefficient (Wildman–Crippen LogP) is 0.678. The molecule has 1 aliphatic heterocycles. The summed E-state index contributed by atoms with van der Waals surface area (Å²) in [6.45, 7) is 3.01. The van der Waals surface area contributed by atoms with Gasteiger partial charge in [-0.2, -0.15) is 0 Å². The van der Waals surface area contributed by atoms with E-state index in [9.17, 15) is 0 Å². The van der Waals surface area contributed by atoms with Gasteiger partial charge in [-0.15, -0.1) is 0 Å². The largest absolute Gasteiger partial charge is 0.399 e. The summed E-state index contributed by atoms with van der Waals surface area (Å²) in [6, 6.07) is 0. The van der Waals surface area contributed by atoms with Crippen molar-refractivity contribution in [2.75, 3.05) is 13.6 Å². The molecule has 1 rings (SSSR count). The lowest BCUT2D eigenvalue weighted by Crippen LogP contribution is -2.19. The predicted molar refractivity (Wildman–Crippen MR) is 38.7 cm³/mol. The first-order valence-corrected chi connectivity index (χ1v) is 3.04. The van der Waals surface area contributed by atoms with Crippen LogP contribution in [-0.4, -0.2) is 18.5 Å². The second kappa shape index (κ2) is 2.13. The van der Waals surface area contributed by atoms with Gasteiger partial charge in [-0.3, -0.25) is 0 Å². The zero-order valence-electron chi connectivity index (χ0n) is 5.89. The number of nitrogens with zero attached hydrogens (tertiary/aromatic N) is 1. The van der Waals surface area contributed by atoms with Crippen LogP contribution in [0.1, 0.15) is 6.92 Å². The Morgan fingerprint density at radius 1 is 1.67 bits per heavy atom. The van der Waals surface area contributed by atoms with Gasteiger partial charge in [0.1, 0.15) is 0 Å². The van der Waals surface area contributed by atoms with Crippen molar-refractivity contribution in [3.63, 3.8) is 0 Å². The van der Waals surface area contributed by atoms with Crippen LogP contribution in [0.25, 0.3) is 0 Å². The van der Waals surface area contributed by atoms with Crippen molar-refractivity contribution in [1.82, 2.24) is 4.90 Å². The normalized spacial score (nSPS) is 19.1. The molecule has 0 amide bonds. The van der Waals surface area contributed by atoms with E-state index in [0.29, 0.717) is 0 Å². The molecular weight excluding hydrogens is 112 g/mol. The molecular formula is C7H12N2.